The highest BCUT2D eigenvalue weighted by Crippen LogP contribution is 2.33. The largest absolute Gasteiger partial charge is 0.476 e. The Morgan fingerprint density at radius 3 is 2.65 bits per heavy atom. The summed E-state index contributed by atoms with van der Waals surface area (Å²) in [6, 6.07) is -0.556. The van der Waals surface area contributed by atoms with E-state index in [4.69, 9.17) is 9.52 Å². The zero-order valence-electron chi connectivity index (χ0n) is 8.57. The first-order chi connectivity index (χ1) is 7.87. The van der Waals surface area contributed by atoms with Crippen LogP contribution >= 0.6 is 0 Å². The molecule has 2 rings (SSSR count). The summed E-state index contributed by atoms with van der Waals surface area (Å²) < 4.78 is 41.7. The molecule has 5 nitrogen and oxygen atoms in total. The number of alkyl halides is 3. The predicted molar refractivity (Wildman–Crippen MR) is 49.9 cm³/mol. The standard InChI is InChI=1S/C9H9F3N2O3/c10-9(11,12)4-14(5-1-2-5)8-13-6(3-17-8)7(15)16/h3,5H,1-2,4H2,(H,15,16). The van der Waals surface area contributed by atoms with Crippen LogP contribution in [0, 0.1) is 0 Å². The summed E-state index contributed by atoms with van der Waals surface area (Å²) in [5.41, 5.74) is -0.396. The molecule has 8 heteroatoms. The number of carboxylic acids is 1. The van der Waals surface area contributed by atoms with Crippen LogP contribution in [-0.4, -0.2) is 34.8 Å². The molecule has 94 valence electrons. The average molecular weight is 250 g/mol. The van der Waals surface area contributed by atoms with Gasteiger partial charge in [0.1, 0.15) is 12.8 Å². The van der Waals surface area contributed by atoms with Gasteiger partial charge in [0.25, 0.3) is 6.01 Å². The third kappa shape index (κ3) is 2.89. The van der Waals surface area contributed by atoms with Crippen molar-refractivity contribution in [2.75, 3.05) is 11.4 Å². The number of aromatic nitrogens is 1. The SMILES string of the molecule is O=C(O)c1coc(N(CC(F)(F)F)C2CC2)n1. The van der Waals surface area contributed by atoms with Crippen LogP contribution in [0.15, 0.2) is 10.7 Å². The van der Waals surface area contributed by atoms with Crippen molar-refractivity contribution < 1.29 is 27.5 Å². The first-order valence-corrected chi connectivity index (χ1v) is 4.89. The van der Waals surface area contributed by atoms with E-state index in [-0.39, 0.29) is 12.1 Å². The Hall–Kier alpha value is -1.73. The Bertz CT molecular complexity index is 425. The van der Waals surface area contributed by atoms with Crippen LogP contribution in [-0.2, 0) is 0 Å². The maximum atomic E-state index is 12.3. The van der Waals surface area contributed by atoms with Gasteiger partial charge in [-0.25, -0.2) is 4.79 Å². The number of oxazole rings is 1. The first-order valence-electron chi connectivity index (χ1n) is 4.89. The van der Waals surface area contributed by atoms with Crippen LogP contribution < -0.4 is 4.90 Å². The van der Waals surface area contributed by atoms with E-state index in [0.717, 1.165) is 11.2 Å². The van der Waals surface area contributed by atoms with E-state index in [9.17, 15) is 18.0 Å². The van der Waals surface area contributed by atoms with Gasteiger partial charge in [-0.15, -0.1) is 0 Å². The minimum Gasteiger partial charge on any atom is -0.476 e. The lowest BCUT2D eigenvalue weighted by Gasteiger charge is -2.21. The summed E-state index contributed by atoms with van der Waals surface area (Å²) in [6.07, 6.45) is -2.29. The van der Waals surface area contributed by atoms with Gasteiger partial charge in [-0.05, 0) is 12.8 Å². The molecular weight excluding hydrogens is 241 g/mol. The van der Waals surface area contributed by atoms with Crippen LogP contribution in [0.5, 0.6) is 0 Å². The van der Waals surface area contributed by atoms with Crippen molar-refractivity contribution >= 4 is 12.0 Å². The van der Waals surface area contributed by atoms with Gasteiger partial charge >= 0.3 is 12.1 Å². The maximum Gasteiger partial charge on any atom is 0.406 e. The number of halogens is 3. The third-order valence-corrected chi connectivity index (χ3v) is 2.29. The Morgan fingerprint density at radius 2 is 2.24 bits per heavy atom. The molecule has 0 aromatic carbocycles. The Labute approximate surface area is 93.8 Å². The number of nitrogens with zero attached hydrogens (tertiary/aromatic N) is 2. The van der Waals surface area contributed by atoms with Crippen LogP contribution in [0.2, 0.25) is 0 Å². The van der Waals surface area contributed by atoms with E-state index in [2.05, 4.69) is 4.98 Å². The molecule has 1 heterocycles. The van der Waals surface area contributed by atoms with E-state index < -0.39 is 24.4 Å². The molecule has 0 radical (unpaired) electrons. The van der Waals surface area contributed by atoms with E-state index in [0.29, 0.717) is 12.8 Å². The fourth-order valence-corrected chi connectivity index (χ4v) is 1.43. The number of hydrogen-bond donors (Lipinski definition) is 1. The lowest BCUT2D eigenvalue weighted by Crippen LogP contribution is -2.36. The lowest BCUT2D eigenvalue weighted by molar-refractivity contribution is -0.120. The first kappa shape index (κ1) is 11.7. The summed E-state index contributed by atoms with van der Waals surface area (Å²) in [4.78, 5) is 15.0. The molecule has 1 aliphatic carbocycles. The molecular formula is C9H9F3N2O3. The van der Waals surface area contributed by atoms with E-state index in [1.165, 1.54) is 0 Å². The smallest absolute Gasteiger partial charge is 0.406 e. The van der Waals surface area contributed by atoms with Crippen LogP contribution in [0.3, 0.4) is 0 Å². The van der Waals surface area contributed by atoms with Crippen LogP contribution in [0.4, 0.5) is 19.2 Å². The van der Waals surface area contributed by atoms with Crippen molar-refractivity contribution in [3.63, 3.8) is 0 Å². The van der Waals surface area contributed by atoms with Crippen molar-refractivity contribution in [3.8, 4) is 0 Å². The highest BCUT2D eigenvalue weighted by atomic mass is 19.4. The predicted octanol–water partition coefficient (Wildman–Crippen LogP) is 1.90. The van der Waals surface area contributed by atoms with Gasteiger partial charge in [0.15, 0.2) is 5.69 Å². The van der Waals surface area contributed by atoms with Gasteiger partial charge in [-0.2, -0.15) is 18.2 Å². The van der Waals surface area contributed by atoms with Gasteiger partial charge in [0, 0.05) is 6.04 Å². The van der Waals surface area contributed by atoms with Gasteiger partial charge in [0.05, 0.1) is 0 Å². The molecule has 0 atom stereocenters. The molecule has 0 amide bonds. The Balaban J connectivity index is 2.17. The maximum absolute atomic E-state index is 12.3. The molecule has 1 saturated carbocycles. The normalized spacial score (nSPS) is 15.9. The van der Waals surface area contributed by atoms with Crippen LogP contribution in [0.1, 0.15) is 23.3 Å². The second kappa shape index (κ2) is 3.94. The zero-order chi connectivity index (χ0) is 12.6. The Morgan fingerprint density at radius 1 is 1.59 bits per heavy atom. The number of hydrogen-bond acceptors (Lipinski definition) is 4. The molecule has 0 aliphatic heterocycles. The summed E-state index contributed by atoms with van der Waals surface area (Å²) in [6.45, 7) is -1.18. The molecule has 0 bridgehead atoms. The molecule has 17 heavy (non-hydrogen) atoms. The topological polar surface area (TPSA) is 66.6 Å². The van der Waals surface area contributed by atoms with Crippen LogP contribution in [0.25, 0.3) is 0 Å². The molecule has 1 N–H and O–H groups in total. The number of carboxylic acid groups (broad SMARTS) is 1. The summed E-state index contributed by atoms with van der Waals surface area (Å²) in [5.74, 6) is -1.33. The quantitative estimate of drug-likeness (QED) is 0.884. The van der Waals surface area contributed by atoms with Crippen molar-refractivity contribution in [1.29, 1.82) is 0 Å². The molecule has 1 fully saturated rings. The Kier molecular flexibility index (Phi) is 2.72. The molecule has 1 aromatic heterocycles. The monoisotopic (exact) mass is 250 g/mol. The molecule has 0 saturated heterocycles. The second-order valence-electron chi connectivity index (χ2n) is 3.79. The summed E-state index contributed by atoms with van der Waals surface area (Å²) in [5, 5.41) is 8.60. The van der Waals surface area contributed by atoms with Crippen molar-refractivity contribution in [2.24, 2.45) is 0 Å². The lowest BCUT2D eigenvalue weighted by atomic mass is 10.5. The number of anilines is 1. The molecule has 0 unspecified atom stereocenters. The minimum atomic E-state index is -4.37. The van der Waals surface area contributed by atoms with Crippen molar-refractivity contribution in [2.45, 2.75) is 25.1 Å². The second-order valence-corrected chi connectivity index (χ2v) is 3.79. The molecule has 1 aliphatic rings. The average Bonchev–Trinajstić information content (AvgIpc) is 2.90. The number of aromatic carboxylic acids is 1. The zero-order valence-corrected chi connectivity index (χ0v) is 8.57. The third-order valence-electron chi connectivity index (χ3n) is 2.29. The van der Waals surface area contributed by atoms with Crippen molar-refractivity contribution in [3.05, 3.63) is 12.0 Å². The van der Waals surface area contributed by atoms with E-state index >= 15 is 0 Å². The summed E-state index contributed by atoms with van der Waals surface area (Å²) in [7, 11) is 0. The van der Waals surface area contributed by atoms with E-state index in [1.807, 2.05) is 0 Å². The molecule has 0 spiro atoms. The highest BCUT2D eigenvalue weighted by molar-refractivity contribution is 5.85. The minimum absolute atomic E-state index is 0.267. The highest BCUT2D eigenvalue weighted by Gasteiger charge is 2.40. The van der Waals surface area contributed by atoms with Gasteiger partial charge in [-0.1, -0.05) is 0 Å². The fraction of sp³-hybridized carbons (Fsp3) is 0.556. The van der Waals surface area contributed by atoms with E-state index in [1.54, 1.807) is 0 Å². The number of rotatable bonds is 4. The fourth-order valence-electron chi connectivity index (χ4n) is 1.43. The van der Waals surface area contributed by atoms with Gasteiger partial charge in [-0.3, -0.25) is 0 Å². The molecule has 1 aromatic rings. The van der Waals surface area contributed by atoms with Gasteiger partial charge < -0.3 is 14.4 Å². The number of carbonyl (C=O) groups is 1. The van der Waals surface area contributed by atoms with Crippen molar-refractivity contribution in [1.82, 2.24) is 4.98 Å². The summed E-state index contributed by atoms with van der Waals surface area (Å²) >= 11 is 0. The van der Waals surface area contributed by atoms with Gasteiger partial charge in [0.2, 0.25) is 0 Å².